The fraction of sp³-hybridized carbons (Fsp3) is 1.00. The molecule has 0 aromatic heterocycles. The Bertz CT molecular complexity index is 153. The van der Waals surface area contributed by atoms with Crippen LogP contribution in [-0.4, -0.2) is 11.7 Å². The summed E-state index contributed by atoms with van der Waals surface area (Å²) in [4.78, 5) is 0. The number of hydrogen-bond donors (Lipinski definition) is 1. The molecule has 0 spiro atoms. The molecule has 1 aliphatic carbocycles. The second-order valence-corrected chi connectivity index (χ2v) is 5.38. The van der Waals surface area contributed by atoms with Crippen molar-refractivity contribution in [2.75, 3.05) is 6.61 Å². The van der Waals surface area contributed by atoms with Crippen LogP contribution in [0.15, 0.2) is 0 Å². The molecule has 0 radical (unpaired) electrons. The third-order valence-corrected chi connectivity index (χ3v) is 3.63. The Kier molecular flexibility index (Phi) is 3.78. The van der Waals surface area contributed by atoms with Gasteiger partial charge in [-0.1, -0.05) is 33.6 Å². The van der Waals surface area contributed by atoms with Crippen molar-refractivity contribution in [3.8, 4) is 0 Å². The molecule has 1 rings (SSSR count). The molecule has 0 amide bonds. The van der Waals surface area contributed by atoms with E-state index in [-0.39, 0.29) is 0 Å². The van der Waals surface area contributed by atoms with Gasteiger partial charge < -0.3 is 5.11 Å². The van der Waals surface area contributed by atoms with E-state index in [1.54, 1.807) is 0 Å². The zero-order chi connectivity index (χ0) is 9.90. The maximum absolute atomic E-state index is 9.34. The minimum absolute atomic E-state index is 0.392. The molecule has 0 heterocycles. The first-order valence-electron chi connectivity index (χ1n) is 5.69. The maximum atomic E-state index is 9.34. The Morgan fingerprint density at radius 2 is 2.08 bits per heavy atom. The minimum atomic E-state index is 0.392. The van der Waals surface area contributed by atoms with E-state index in [1.165, 1.54) is 32.1 Å². The van der Waals surface area contributed by atoms with E-state index < -0.39 is 0 Å². The van der Waals surface area contributed by atoms with Crippen LogP contribution in [0.4, 0.5) is 0 Å². The molecule has 2 unspecified atom stereocenters. The fourth-order valence-corrected chi connectivity index (χ4v) is 2.99. The van der Waals surface area contributed by atoms with Crippen LogP contribution >= 0.6 is 0 Å². The van der Waals surface area contributed by atoms with Gasteiger partial charge in [0.25, 0.3) is 0 Å². The van der Waals surface area contributed by atoms with Gasteiger partial charge in [0.2, 0.25) is 0 Å². The lowest BCUT2D eigenvalue weighted by molar-refractivity contribution is 0.0411. The predicted octanol–water partition coefficient (Wildman–Crippen LogP) is 3.22. The summed E-state index contributed by atoms with van der Waals surface area (Å²) >= 11 is 0. The van der Waals surface area contributed by atoms with Crippen molar-refractivity contribution in [1.29, 1.82) is 0 Å². The lowest BCUT2D eigenvalue weighted by atomic mass is 9.64. The van der Waals surface area contributed by atoms with Crippen molar-refractivity contribution >= 4 is 0 Å². The Hall–Kier alpha value is -0.0400. The van der Waals surface area contributed by atoms with Crippen LogP contribution < -0.4 is 0 Å². The molecule has 0 aromatic rings. The van der Waals surface area contributed by atoms with E-state index in [2.05, 4.69) is 20.8 Å². The lowest BCUT2D eigenvalue weighted by Gasteiger charge is -2.42. The number of aliphatic hydroxyl groups is 1. The number of aliphatic hydroxyl groups excluding tert-OH is 1. The normalized spacial score (nSPS) is 35.3. The summed E-state index contributed by atoms with van der Waals surface area (Å²) in [6.07, 6.45) is 6.51. The van der Waals surface area contributed by atoms with Crippen LogP contribution in [0, 0.1) is 17.3 Å². The van der Waals surface area contributed by atoms with Gasteiger partial charge in [-0.2, -0.15) is 0 Å². The molecule has 1 heteroatoms. The van der Waals surface area contributed by atoms with Gasteiger partial charge in [0.05, 0.1) is 0 Å². The van der Waals surface area contributed by atoms with E-state index in [0.29, 0.717) is 17.9 Å². The van der Waals surface area contributed by atoms with Crippen LogP contribution in [0.2, 0.25) is 0 Å². The predicted molar refractivity (Wildman–Crippen MR) is 56.6 cm³/mol. The molecule has 0 aliphatic heterocycles. The van der Waals surface area contributed by atoms with E-state index in [9.17, 15) is 5.11 Å². The minimum Gasteiger partial charge on any atom is -0.396 e. The highest BCUT2D eigenvalue weighted by molar-refractivity contribution is 4.86. The van der Waals surface area contributed by atoms with E-state index in [1.807, 2.05) is 0 Å². The third-order valence-electron chi connectivity index (χ3n) is 3.63. The van der Waals surface area contributed by atoms with Crippen molar-refractivity contribution in [2.24, 2.45) is 17.3 Å². The van der Waals surface area contributed by atoms with Gasteiger partial charge in [-0.15, -0.1) is 0 Å². The second-order valence-electron chi connectivity index (χ2n) is 5.38. The second kappa shape index (κ2) is 4.45. The molecule has 0 saturated heterocycles. The van der Waals surface area contributed by atoms with Crippen LogP contribution in [0.3, 0.4) is 0 Å². The van der Waals surface area contributed by atoms with Gasteiger partial charge in [0.1, 0.15) is 0 Å². The van der Waals surface area contributed by atoms with Crippen molar-refractivity contribution in [2.45, 2.75) is 52.9 Å². The zero-order valence-electron chi connectivity index (χ0n) is 9.34. The van der Waals surface area contributed by atoms with Crippen molar-refractivity contribution in [3.05, 3.63) is 0 Å². The fourth-order valence-electron chi connectivity index (χ4n) is 2.99. The maximum Gasteiger partial charge on any atom is 0.0464 e. The number of rotatable bonds is 3. The average Bonchev–Trinajstić information content (AvgIpc) is 2.03. The van der Waals surface area contributed by atoms with Crippen LogP contribution in [0.1, 0.15) is 52.9 Å². The molecule has 1 aliphatic rings. The van der Waals surface area contributed by atoms with Gasteiger partial charge in [-0.25, -0.2) is 0 Å². The van der Waals surface area contributed by atoms with E-state index >= 15 is 0 Å². The quantitative estimate of drug-likeness (QED) is 0.714. The lowest BCUT2D eigenvalue weighted by Crippen LogP contribution is -2.34. The molecule has 13 heavy (non-hydrogen) atoms. The smallest absolute Gasteiger partial charge is 0.0464 e. The SMILES string of the molecule is CC(C)CC1(C)CCCCC1CO. The zero-order valence-corrected chi connectivity index (χ0v) is 9.34. The first kappa shape index (κ1) is 11.0. The standard InChI is InChI=1S/C12H24O/c1-10(2)8-12(3)7-5-4-6-11(12)9-13/h10-11,13H,4-9H2,1-3H3. The molecule has 1 fully saturated rings. The van der Waals surface area contributed by atoms with Crippen LogP contribution in [-0.2, 0) is 0 Å². The highest BCUT2D eigenvalue weighted by atomic mass is 16.3. The monoisotopic (exact) mass is 184 g/mol. The third kappa shape index (κ3) is 2.70. The molecule has 0 aromatic carbocycles. The Balaban J connectivity index is 2.59. The number of hydrogen-bond acceptors (Lipinski definition) is 1. The summed E-state index contributed by atoms with van der Waals surface area (Å²) in [5.41, 5.74) is 0.418. The molecule has 78 valence electrons. The first-order chi connectivity index (χ1) is 6.08. The summed E-state index contributed by atoms with van der Waals surface area (Å²) in [6.45, 7) is 7.33. The summed E-state index contributed by atoms with van der Waals surface area (Å²) in [6, 6.07) is 0. The Morgan fingerprint density at radius 3 is 2.62 bits per heavy atom. The van der Waals surface area contributed by atoms with Gasteiger partial charge in [0, 0.05) is 6.61 Å². The molecule has 1 N–H and O–H groups in total. The van der Waals surface area contributed by atoms with Gasteiger partial charge in [-0.3, -0.25) is 0 Å². The van der Waals surface area contributed by atoms with Crippen molar-refractivity contribution < 1.29 is 5.11 Å². The molecular weight excluding hydrogens is 160 g/mol. The van der Waals surface area contributed by atoms with Crippen LogP contribution in [0.5, 0.6) is 0 Å². The Morgan fingerprint density at radius 1 is 1.38 bits per heavy atom. The summed E-state index contributed by atoms with van der Waals surface area (Å²) in [5.74, 6) is 1.32. The highest BCUT2D eigenvalue weighted by Gasteiger charge is 2.36. The average molecular weight is 184 g/mol. The molecule has 1 saturated carbocycles. The van der Waals surface area contributed by atoms with E-state index in [0.717, 1.165) is 5.92 Å². The first-order valence-corrected chi connectivity index (χ1v) is 5.69. The Labute approximate surface area is 82.5 Å². The molecular formula is C12H24O. The van der Waals surface area contributed by atoms with Crippen molar-refractivity contribution in [3.63, 3.8) is 0 Å². The summed E-state index contributed by atoms with van der Waals surface area (Å²) in [5, 5.41) is 9.34. The van der Waals surface area contributed by atoms with Gasteiger partial charge >= 0.3 is 0 Å². The van der Waals surface area contributed by atoms with Crippen molar-refractivity contribution in [1.82, 2.24) is 0 Å². The molecule has 0 bridgehead atoms. The topological polar surface area (TPSA) is 20.2 Å². The molecule has 2 atom stereocenters. The summed E-state index contributed by atoms with van der Waals surface area (Å²) < 4.78 is 0. The van der Waals surface area contributed by atoms with E-state index in [4.69, 9.17) is 0 Å². The summed E-state index contributed by atoms with van der Waals surface area (Å²) in [7, 11) is 0. The van der Waals surface area contributed by atoms with Gasteiger partial charge in [0.15, 0.2) is 0 Å². The largest absolute Gasteiger partial charge is 0.396 e. The van der Waals surface area contributed by atoms with Crippen LogP contribution in [0.25, 0.3) is 0 Å². The van der Waals surface area contributed by atoms with Gasteiger partial charge in [-0.05, 0) is 36.5 Å². The highest BCUT2D eigenvalue weighted by Crippen LogP contribution is 2.45. The molecule has 1 nitrogen and oxygen atoms in total.